The van der Waals surface area contributed by atoms with Gasteiger partial charge in [-0.25, -0.2) is 0 Å². The highest BCUT2D eigenvalue weighted by atomic mass is 15.2. The summed E-state index contributed by atoms with van der Waals surface area (Å²) in [5.74, 6) is 0. The number of hydrogen-bond acceptors (Lipinski definition) is 0. The van der Waals surface area contributed by atoms with Gasteiger partial charge in [0, 0.05) is 44.9 Å². The van der Waals surface area contributed by atoms with Gasteiger partial charge in [-0.2, -0.15) is 0 Å². The van der Waals surface area contributed by atoms with Crippen LogP contribution in [-0.4, -0.2) is 13.7 Å². The third kappa shape index (κ3) is 2.40. The molecule has 166 valence electrons. The summed E-state index contributed by atoms with van der Waals surface area (Å²) in [6.07, 6.45) is 0. The summed E-state index contributed by atoms with van der Waals surface area (Å²) in [6, 6.07) is 39.7. The van der Waals surface area contributed by atoms with Crippen molar-refractivity contribution in [1.29, 1.82) is 0 Å². The molecule has 0 saturated carbocycles. The highest BCUT2D eigenvalue weighted by molar-refractivity contribution is 6.22. The van der Waals surface area contributed by atoms with Crippen molar-refractivity contribution in [2.45, 2.75) is 6.67 Å². The van der Waals surface area contributed by atoms with Crippen LogP contribution in [0.4, 0.5) is 0 Å². The van der Waals surface area contributed by atoms with E-state index in [-0.39, 0.29) is 0 Å². The van der Waals surface area contributed by atoms with Crippen LogP contribution in [0, 0.1) is 0 Å². The summed E-state index contributed by atoms with van der Waals surface area (Å²) in [5.41, 5.74) is 7.66. The summed E-state index contributed by atoms with van der Waals surface area (Å²) in [5, 5.41) is 7.83. The molecule has 0 saturated heterocycles. The molecular formula is C32H23N3. The Hall–Kier alpha value is -4.50. The van der Waals surface area contributed by atoms with Crippen molar-refractivity contribution in [2.75, 3.05) is 0 Å². The summed E-state index contributed by atoms with van der Waals surface area (Å²) in [7, 11) is 2.20. The van der Waals surface area contributed by atoms with Gasteiger partial charge in [0.1, 0.15) is 6.67 Å². The Morgan fingerprint density at radius 3 is 1.37 bits per heavy atom. The molecule has 0 atom stereocenters. The highest BCUT2D eigenvalue weighted by Crippen LogP contribution is 2.39. The van der Waals surface area contributed by atoms with Crippen LogP contribution in [-0.2, 0) is 13.7 Å². The zero-order chi connectivity index (χ0) is 23.1. The van der Waals surface area contributed by atoms with Gasteiger partial charge in [-0.3, -0.25) is 0 Å². The van der Waals surface area contributed by atoms with Gasteiger partial charge in [-0.05, 0) is 24.3 Å². The van der Waals surface area contributed by atoms with E-state index in [0.29, 0.717) is 0 Å². The Balaban J connectivity index is 1.55. The largest absolute Gasteiger partial charge is 0.342 e. The fourth-order valence-corrected chi connectivity index (χ4v) is 6.24. The molecule has 0 N–H and O–H groups in total. The van der Waals surface area contributed by atoms with Crippen LogP contribution in [0.3, 0.4) is 0 Å². The van der Waals surface area contributed by atoms with Gasteiger partial charge in [-0.15, -0.1) is 0 Å². The summed E-state index contributed by atoms with van der Waals surface area (Å²) >= 11 is 0. The number of para-hydroxylation sites is 4. The lowest BCUT2D eigenvalue weighted by Gasteiger charge is -2.13. The lowest BCUT2D eigenvalue weighted by Crippen LogP contribution is -2.08. The quantitative estimate of drug-likeness (QED) is 0.254. The van der Waals surface area contributed by atoms with Gasteiger partial charge in [0.25, 0.3) is 0 Å². The van der Waals surface area contributed by atoms with E-state index in [0.717, 1.165) is 6.67 Å². The molecule has 0 aliphatic heterocycles. The monoisotopic (exact) mass is 449 g/mol. The van der Waals surface area contributed by atoms with Crippen molar-refractivity contribution in [3.63, 3.8) is 0 Å². The van der Waals surface area contributed by atoms with Gasteiger partial charge in [0.15, 0.2) is 0 Å². The zero-order valence-corrected chi connectivity index (χ0v) is 19.4. The van der Waals surface area contributed by atoms with Crippen molar-refractivity contribution >= 4 is 65.4 Å². The van der Waals surface area contributed by atoms with Crippen LogP contribution in [0.15, 0.2) is 109 Å². The second-order valence-electron chi connectivity index (χ2n) is 9.48. The lowest BCUT2D eigenvalue weighted by molar-refractivity contribution is 0.683. The maximum absolute atomic E-state index is 2.52. The van der Waals surface area contributed by atoms with Gasteiger partial charge in [0.2, 0.25) is 0 Å². The minimum absolute atomic E-state index is 0.749. The molecule has 0 fully saturated rings. The number of aromatic nitrogens is 3. The average molecular weight is 450 g/mol. The Morgan fingerprint density at radius 2 is 0.800 bits per heavy atom. The molecule has 0 unspecified atom stereocenters. The number of benzene rings is 5. The number of fused-ring (bicyclic) bond motifs is 10. The van der Waals surface area contributed by atoms with E-state index < -0.39 is 0 Å². The predicted molar refractivity (Wildman–Crippen MR) is 148 cm³/mol. The summed E-state index contributed by atoms with van der Waals surface area (Å²) < 4.78 is 7.36. The molecule has 0 bridgehead atoms. The molecule has 3 aromatic heterocycles. The molecule has 8 rings (SSSR count). The van der Waals surface area contributed by atoms with E-state index in [1.165, 1.54) is 65.4 Å². The van der Waals surface area contributed by atoms with Gasteiger partial charge in [0.05, 0.1) is 27.6 Å². The van der Waals surface area contributed by atoms with E-state index >= 15 is 0 Å². The number of hydrogen-bond donors (Lipinski definition) is 0. The van der Waals surface area contributed by atoms with Crippen molar-refractivity contribution in [1.82, 2.24) is 13.7 Å². The molecule has 0 radical (unpaired) electrons. The van der Waals surface area contributed by atoms with Crippen LogP contribution >= 0.6 is 0 Å². The predicted octanol–water partition coefficient (Wildman–Crippen LogP) is 8.05. The molecule has 5 aromatic carbocycles. The van der Waals surface area contributed by atoms with Crippen LogP contribution < -0.4 is 0 Å². The number of aryl methyl sites for hydroxylation is 1. The second-order valence-corrected chi connectivity index (χ2v) is 9.48. The Morgan fingerprint density at radius 1 is 0.400 bits per heavy atom. The third-order valence-corrected chi connectivity index (χ3v) is 7.76. The maximum atomic E-state index is 2.52. The van der Waals surface area contributed by atoms with Crippen LogP contribution in [0.5, 0.6) is 0 Å². The van der Waals surface area contributed by atoms with Crippen LogP contribution in [0.25, 0.3) is 65.4 Å². The van der Waals surface area contributed by atoms with Crippen molar-refractivity contribution < 1.29 is 0 Å². The number of nitrogens with zero attached hydrogens (tertiary/aromatic N) is 3. The smallest absolute Gasteiger partial charge is 0.100 e. The van der Waals surface area contributed by atoms with E-state index in [1.54, 1.807) is 0 Å². The van der Waals surface area contributed by atoms with Crippen molar-refractivity contribution in [3.8, 4) is 0 Å². The first-order chi connectivity index (χ1) is 17.3. The molecule has 8 aromatic rings. The molecule has 35 heavy (non-hydrogen) atoms. The number of rotatable bonds is 2. The molecule has 3 nitrogen and oxygen atoms in total. The first kappa shape index (κ1) is 18.9. The topological polar surface area (TPSA) is 14.8 Å². The van der Waals surface area contributed by atoms with Gasteiger partial charge >= 0.3 is 0 Å². The highest BCUT2D eigenvalue weighted by Gasteiger charge is 2.19. The van der Waals surface area contributed by atoms with E-state index in [1.807, 2.05) is 0 Å². The van der Waals surface area contributed by atoms with E-state index in [4.69, 9.17) is 0 Å². The van der Waals surface area contributed by atoms with Crippen LogP contribution in [0.2, 0.25) is 0 Å². The third-order valence-electron chi connectivity index (χ3n) is 7.76. The first-order valence-corrected chi connectivity index (χ1v) is 12.1. The second kappa shape index (κ2) is 6.77. The molecule has 3 heterocycles. The van der Waals surface area contributed by atoms with Gasteiger partial charge < -0.3 is 13.7 Å². The standard InChI is InChI=1S/C32H23N3/c1-33-27-14-6-2-12-23(27)25-18-19-26-24-13-5-9-17-30(24)35(32(26)31(25)33)20-34-28-15-7-3-10-21(28)22-11-4-8-16-29(22)34/h2-19H,20H2,1H3. The Bertz CT molecular complexity index is 2050. The fraction of sp³-hybridized carbons (Fsp3) is 0.0625. The SMILES string of the molecule is Cn1c2ccccc2c2ccc3c4ccccc4n(Cn4c5ccccc5c5ccccc54)c3c21. The molecule has 3 heteroatoms. The van der Waals surface area contributed by atoms with Crippen LogP contribution in [0.1, 0.15) is 0 Å². The minimum atomic E-state index is 0.749. The van der Waals surface area contributed by atoms with Crippen molar-refractivity contribution in [2.24, 2.45) is 7.05 Å². The Kier molecular flexibility index (Phi) is 3.65. The first-order valence-electron chi connectivity index (χ1n) is 12.1. The van der Waals surface area contributed by atoms with E-state index in [9.17, 15) is 0 Å². The summed E-state index contributed by atoms with van der Waals surface area (Å²) in [6.45, 7) is 0.749. The average Bonchev–Trinajstić information content (AvgIpc) is 3.52. The van der Waals surface area contributed by atoms with E-state index in [2.05, 4.69) is 130 Å². The fourth-order valence-electron chi connectivity index (χ4n) is 6.24. The minimum Gasteiger partial charge on any atom is -0.342 e. The molecule has 0 aliphatic carbocycles. The maximum Gasteiger partial charge on any atom is 0.100 e. The molecule has 0 amide bonds. The van der Waals surface area contributed by atoms with Crippen molar-refractivity contribution in [3.05, 3.63) is 109 Å². The molecule has 0 spiro atoms. The zero-order valence-electron chi connectivity index (χ0n) is 19.4. The molecular weight excluding hydrogens is 426 g/mol. The molecule has 0 aliphatic rings. The summed E-state index contributed by atoms with van der Waals surface area (Å²) in [4.78, 5) is 0. The lowest BCUT2D eigenvalue weighted by atomic mass is 10.1. The normalized spacial score (nSPS) is 12.3. The van der Waals surface area contributed by atoms with Gasteiger partial charge in [-0.1, -0.05) is 84.9 Å². The Labute approximate surface area is 202 Å².